The molecule has 152 valence electrons. The third-order valence-electron chi connectivity index (χ3n) is 5.05. The lowest BCUT2D eigenvalue weighted by atomic mass is 9.99. The van der Waals surface area contributed by atoms with Crippen molar-refractivity contribution in [3.05, 3.63) is 53.9 Å². The summed E-state index contributed by atoms with van der Waals surface area (Å²) in [5.41, 5.74) is 1.86. The van der Waals surface area contributed by atoms with E-state index in [9.17, 15) is 14.4 Å². The third kappa shape index (κ3) is 5.19. The molecule has 7 nitrogen and oxygen atoms in total. The van der Waals surface area contributed by atoms with Crippen LogP contribution in [-0.4, -0.2) is 40.2 Å². The van der Waals surface area contributed by atoms with Gasteiger partial charge in [-0.3, -0.25) is 19.4 Å². The molecule has 1 saturated heterocycles. The Labute approximate surface area is 170 Å². The van der Waals surface area contributed by atoms with Gasteiger partial charge in [0.05, 0.1) is 11.1 Å². The van der Waals surface area contributed by atoms with E-state index in [0.717, 1.165) is 32.2 Å². The largest absolute Gasteiger partial charge is 0.336 e. The molecule has 2 aromatic rings. The molecule has 1 aliphatic heterocycles. The number of nitrogens with one attached hydrogen (secondary N) is 2. The number of anilines is 2. The summed E-state index contributed by atoms with van der Waals surface area (Å²) < 4.78 is 0. The molecule has 7 heteroatoms. The van der Waals surface area contributed by atoms with Gasteiger partial charge in [-0.05, 0) is 49.9 Å². The van der Waals surface area contributed by atoms with Gasteiger partial charge in [-0.1, -0.05) is 13.0 Å². The summed E-state index contributed by atoms with van der Waals surface area (Å²) in [5.74, 6) is -0.629. The van der Waals surface area contributed by atoms with E-state index in [4.69, 9.17) is 0 Å². The van der Waals surface area contributed by atoms with Gasteiger partial charge in [0.1, 0.15) is 0 Å². The van der Waals surface area contributed by atoms with E-state index in [1.807, 2.05) is 4.90 Å². The Kier molecular flexibility index (Phi) is 6.59. The second kappa shape index (κ2) is 9.32. The number of nitrogens with zero attached hydrogens (tertiary/aromatic N) is 2. The normalized spacial score (nSPS) is 16.2. The van der Waals surface area contributed by atoms with Gasteiger partial charge in [0.25, 0.3) is 11.8 Å². The minimum atomic E-state index is -0.363. The molecular weight excluding hydrogens is 368 g/mol. The predicted octanol–water partition coefficient (Wildman–Crippen LogP) is 3.70. The molecular formula is C22H26N4O3. The van der Waals surface area contributed by atoms with Crippen molar-refractivity contribution in [3.63, 3.8) is 0 Å². The van der Waals surface area contributed by atoms with E-state index < -0.39 is 0 Å². The number of likely N-dealkylation sites (tertiary alicyclic amines) is 1. The van der Waals surface area contributed by atoms with Crippen molar-refractivity contribution in [2.45, 2.75) is 45.6 Å². The number of piperidine rings is 1. The number of pyridine rings is 1. The van der Waals surface area contributed by atoms with Crippen molar-refractivity contribution < 1.29 is 14.4 Å². The van der Waals surface area contributed by atoms with Gasteiger partial charge in [-0.2, -0.15) is 0 Å². The maximum Gasteiger partial charge on any atom is 0.257 e. The second-order valence-corrected chi connectivity index (χ2v) is 7.23. The van der Waals surface area contributed by atoms with E-state index in [1.54, 1.807) is 30.3 Å². The molecule has 2 N–H and O–H groups in total. The van der Waals surface area contributed by atoms with Crippen molar-refractivity contribution >= 4 is 29.1 Å². The number of benzene rings is 1. The Morgan fingerprint density at radius 2 is 1.79 bits per heavy atom. The first kappa shape index (κ1) is 20.5. The fourth-order valence-corrected chi connectivity index (χ4v) is 3.62. The summed E-state index contributed by atoms with van der Waals surface area (Å²) in [7, 11) is 0. The van der Waals surface area contributed by atoms with Crippen LogP contribution in [0.25, 0.3) is 0 Å². The van der Waals surface area contributed by atoms with Gasteiger partial charge in [0.15, 0.2) is 0 Å². The molecule has 3 amide bonds. The van der Waals surface area contributed by atoms with Gasteiger partial charge in [-0.15, -0.1) is 0 Å². The van der Waals surface area contributed by atoms with Crippen LogP contribution in [-0.2, 0) is 4.79 Å². The summed E-state index contributed by atoms with van der Waals surface area (Å²) in [6.45, 7) is 4.25. The van der Waals surface area contributed by atoms with E-state index >= 15 is 0 Å². The Balaban J connectivity index is 1.74. The summed E-state index contributed by atoms with van der Waals surface area (Å²) in [6.07, 6.45) is 7.03. The first-order valence-corrected chi connectivity index (χ1v) is 9.93. The molecule has 0 aliphatic carbocycles. The number of rotatable bonds is 5. The highest BCUT2D eigenvalue weighted by atomic mass is 16.2. The average Bonchev–Trinajstić information content (AvgIpc) is 2.73. The fourth-order valence-electron chi connectivity index (χ4n) is 3.62. The number of carbonyl (C=O) groups excluding carboxylic acids is 3. The van der Waals surface area contributed by atoms with Crippen LogP contribution in [0.3, 0.4) is 0 Å². The minimum Gasteiger partial charge on any atom is -0.336 e. The topological polar surface area (TPSA) is 91.4 Å². The summed E-state index contributed by atoms with van der Waals surface area (Å²) >= 11 is 0. The van der Waals surface area contributed by atoms with Gasteiger partial charge < -0.3 is 15.5 Å². The highest BCUT2D eigenvalue weighted by molar-refractivity contribution is 6.06. The Morgan fingerprint density at radius 3 is 2.52 bits per heavy atom. The van der Waals surface area contributed by atoms with E-state index in [0.29, 0.717) is 22.5 Å². The van der Waals surface area contributed by atoms with Gasteiger partial charge >= 0.3 is 0 Å². The predicted molar refractivity (Wildman–Crippen MR) is 112 cm³/mol. The average molecular weight is 394 g/mol. The Hall–Kier alpha value is -3.22. The Bertz CT molecular complexity index is 912. The molecule has 2 heterocycles. The zero-order valence-electron chi connectivity index (χ0n) is 16.8. The van der Waals surface area contributed by atoms with Crippen LogP contribution in [0.4, 0.5) is 11.4 Å². The monoisotopic (exact) mass is 394 g/mol. The van der Waals surface area contributed by atoms with Crippen molar-refractivity contribution in [1.29, 1.82) is 0 Å². The molecule has 3 rings (SSSR count). The van der Waals surface area contributed by atoms with Crippen LogP contribution in [0.2, 0.25) is 0 Å². The van der Waals surface area contributed by atoms with Crippen LogP contribution in [0.1, 0.15) is 60.2 Å². The lowest BCUT2D eigenvalue weighted by molar-refractivity contribution is -0.114. The van der Waals surface area contributed by atoms with Crippen LogP contribution >= 0.6 is 0 Å². The number of aromatic nitrogens is 1. The molecule has 0 spiro atoms. The van der Waals surface area contributed by atoms with Crippen molar-refractivity contribution in [1.82, 2.24) is 9.88 Å². The molecule has 1 atom stereocenters. The number of hydrogen-bond donors (Lipinski definition) is 2. The summed E-state index contributed by atoms with van der Waals surface area (Å²) in [6, 6.07) is 8.70. The maximum absolute atomic E-state index is 13.0. The lowest BCUT2D eigenvalue weighted by Gasteiger charge is -2.35. The van der Waals surface area contributed by atoms with Gasteiger partial charge in [-0.25, -0.2) is 0 Å². The molecule has 1 aromatic heterocycles. The Morgan fingerprint density at radius 1 is 1.07 bits per heavy atom. The third-order valence-corrected chi connectivity index (χ3v) is 5.05. The van der Waals surface area contributed by atoms with Gasteiger partial charge in [0, 0.05) is 43.3 Å². The van der Waals surface area contributed by atoms with Crippen molar-refractivity contribution in [2.24, 2.45) is 0 Å². The van der Waals surface area contributed by atoms with Crippen LogP contribution in [0.15, 0.2) is 42.7 Å². The molecule has 0 radical (unpaired) electrons. The summed E-state index contributed by atoms with van der Waals surface area (Å²) in [4.78, 5) is 42.8. The number of carbonyl (C=O) groups is 3. The molecule has 1 unspecified atom stereocenters. The molecule has 1 fully saturated rings. The highest BCUT2D eigenvalue weighted by Gasteiger charge is 2.26. The molecule has 0 saturated carbocycles. The second-order valence-electron chi connectivity index (χ2n) is 7.23. The van der Waals surface area contributed by atoms with Crippen LogP contribution in [0.5, 0.6) is 0 Å². The van der Waals surface area contributed by atoms with Crippen molar-refractivity contribution in [3.8, 4) is 0 Å². The zero-order chi connectivity index (χ0) is 20.8. The first-order valence-electron chi connectivity index (χ1n) is 9.93. The highest BCUT2D eigenvalue weighted by Crippen LogP contribution is 2.22. The van der Waals surface area contributed by atoms with E-state index in [1.165, 1.54) is 19.3 Å². The fraction of sp³-hybridized carbons (Fsp3) is 0.364. The molecule has 0 bridgehead atoms. The molecule has 1 aromatic carbocycles. The standard InChI is InChI=1S/C22H26N4O3/c1-3-20-9-4-5-10-26(20)22(29)17-11-16(13-23-14-17)21(28)25-19-8-6-7-18(12-19)24-15(2)27/h6-8,11-14,20H,3-5,9-10H2,1-2H3,(H,24,27)(H,25,28). The quantitative estimate of drug-likeness (QED) is 0.809. The molecule has 1 aliphatic rings. The maximum atomic E-state index is 13.0. The van der Waals surface area contributed by atoms with E-state index in [2.05, 4.69) is 22.5 Å². The zero-order valence-corrected chi connectivity index (χ0v) is 16.8. The van der Waals surface area contributed by atoms with Gasteiger partial charge in [0.2, 0.25) is 5.91 Å². The number of amides is 3. The lowest BCUT2D eigenvalue weighted by Crippen LogP contribution is -2.43. The van der Waals surface area contributed by atoms with Crippen molar-refractivity contribution in [2.75, 3.05) is 17.2 Å². The SMILES string of the molecule is CCC1CCCCN1C(=O)c1cncc(C(=O)Nc2cccc(NC(C)=O)c2)c1. The van der Waals surface area contributed by atoms with Crippen LogP contribution < -0.4 is 10.6 Å². The number of hydrogen-bond acceptors (Lipinski definition) is 4. The summed E-state index contributed by atoms with van der Waals surface area (Å²) in [5, 5.41) is 5.46. The first-order chi connectivity index (χ1) is 14.0. The van der Waals surface area contributed by atoms with E-state index in [-0.39, 0.29) is 23.8 Å². The minimum absolute atomic E-state index is 0.0774. The molecule has 29 heavy (non-hydrogen) atoms. The smallest absolute Gasteiger partial charge is 0.257 e. The van der Waals surface area contributed by atoms with Crippen LogP contribution in [0, 0.1) is 0 Å².